The van der Waals surface area contributed by atoms with Crippen LogP contribution in [0.1, 0.15) is 29.3 Å². The smallest absolute Gasteiger partial charge is 0.195 e. The number of ether oxygens (including phenoxy) is 2. The normalized spacial score (nSPS) is 17.4. The molecule has 2 aromatic rings. The molecule has 0 atom stereocenters. The van der Waals surface area contributed by atoms with Gasteiger partial charge in [-0.2, -0.15) is 0 Å². The molecule has 0 unspecified atom stereocenters. The number of carbonyl (C=O) groups is 1. The second-order valence-electron chi connectivity index (χ2n) is 5.97. The fourth-order valence-electron chi connectivity index (χ4n) is 2.89. The molecule has 124 valence electrons. The largest absolute Gasteiger partial charge is 0.401 e. The minimum absolute atomic E-state index is 0.0964. The molecule has 1 aliphatic heterocycles. The van der Waals surface area contributed by atoms with E-state index in [-0.39, 0.29) is 5.78 Å². The van der Waals surface area contributed by atoms with E-state index in [9.17, 15) is 4.79 Å². The lowest BCUT2D eigenvalue weighted by molar-refractivity contribution is -0.140. The van der Waals surface area contributed by atoms with E-state index in [0.717, 1.165) is 5.56 Å². The highest BCUT2D eigenvalue weighted by Crippen LogP contribution is 2.30. The molecule has 0 aliphatic carbocycles. The molecule has 2 N–H and O–H groups in total. The molecule has 0 aromatic heterocycles. The Kier molecular flexibility index (Phi) is 4.79. The van der Waals surface area contributed by atoms with E-state index in [0.29, 0.717) is 36.5 Å². The van der Waals surface area contributed by atoms with Crippen LogP contribution in [0.3, 0.4) is 0 Å². The van der Waals surface area contributed by atoms with Crippen molar-refractivity contribution in [1.29, 1.82) is 0 Å². The SMILES string of the molecule is CC1(C/C(N)=C(/C(=O)c2ccccc2)c2ccccc2)OCCO1. The van der Waals surface area contributed by atoms with Crippen LogP contribution in [-0.4, -0.2) is 24.8 Å². The predicted octanol–water partition coefficient (Wildman–Crippen LogP) is 3.39. The average molecular weight is 323 g/mol. The summed E-state index contributed by atoms with van der Waals surface area (Å²) in [5, 5.41) is 0. The van der Waals surface area contributed by atoms with E-state index >= 15 is 0 Å². The van der Waals surface area contributed by atoms with Gasteiger partial charge >= 0.3 is 0 Å². The molecule has 1 fully saturated rings. The van der Waals surface area contributed by atoms with E-state index in [2.05, 4.69) is 0 Å². The van der Waals surface area contributed by atoms with Crippen molar-refractivity contribution in [2.24, 2.45) is 5.73 Å². The lowest BCUT2D eigenvalue weighted by atomic mass is 9.93. The summed E-state index contributed by atoms with van der Waals surface area (Å²) < 4.78 is 11.3. The quantitative estimate of drug-likeness (QED) is 0.677. The molecular formula is C20H21NO3. The van der Waals surface area contributed by atoms with Gasteiger partial charge in [0.25, 0.3) is 0 Å². The summed E-state index contributed by atoms with van der Waals surface area (Å²) in [4.78, 5) is 13.0. The van der Waals surface area contributed by atoms with Gasteiger partial charge in [-0.3, -0.25) is 4.79 Å². The molecule has 4 heteroatoms. The van der Waals surface area contributed by atoms with E-state index in [1.54, 1.807) is 12.1 Å². The van der Waals surface area contributed by atoms with Crippen LogP contribution in [0, 0.1) is 0 Å². The maximum absolute atomic E-state index is 13.0. The Hall–Kier alpha value is -2.43. The van der Waals surface area contributed by atoms with Crippen LogP contribution < -0.4 is 5.73 Å². The number of hydrogen-bond acceptors (Lipinski definition) is 4. The van der Waals surface area contributed by atoms with Crippen molar-refractivity contribution in [2.75, 3.05) is 13.2 Å². The average Bonchev–Trinajstić information content (AvgIpc) is 3.02. The second-order valence-corrected chi connectivity index (χ2v) is 5.97. The maximum atomic E-state index is 13.0. The third-order valence-electron chi connectivity index (χ3n) is 4.06. The summed E-state index contributed by atoms with van der Waals surface area (Å²) >= 11 is 0. The topological polar surface area (TPSA) is 61.6 Å². The monoisotopic (exact) mass is 323 g/mol. The number of allylic oxidation sites excluding steroid dienone is 1. The van der Waals surface area contributed by atoms with Crippen molar-refractivity contribution in [3.63, 3.8) is 0 Å². The minimum atomic E-state index is -0.777. The number of benzene rings is 2. The van der Waals surface area contributed by atoms with Crippen molar-refractivity contribution in [1.82, 2.24) is 0 Å². The van der Waals surface area contributed by atoms with Crippen LogP contribution in [0.4, 0.5) is 0 Å². The molecule has 1 aliphatic rings. The maximum Gasteiger partial charge on any atom is 0.195 e. The van der Waals surface area contributed by atoms with Gasteiger partial charge in [0.2, 0.25) is 0 Å². The Morgan fingerprint density at radius 1 is 0.958 bits per heavy atom. The number of carbonyl (C=O) groups excluding carboxylic acids is 1. The molecule has 0 radical (unpaired) electrons. The fraction of sp³-hybridized carbons (Fsp3) is 0.250. The minimum Gasteiger partial charge on any atom is -0.401 e. The Morgan fingerprint density at radius 3 is 2.00 bits per heavy atom. The first kappa shape index (κ1) is 16.4. The van der Waals surface area contributed by atoms with Crippen LogP contribution in [0.25, 0.3) is 5.57 Å². The van der Waals surface area contributed by atoms with E-state index < -0.39 is 5.79 Å². The van der Waals surface area contributed by atoms with Gasteiger partial charge in [-0.15, -0.1) is 0 Å². The van der Waals surface area contributed by atoms with Gasteiger partial charge in [0.1, 0.15) is 0 Å². The van der Waals surface area contributed by atoms with E-state index in [4.69, 9.17) is 15.2 Å². The van der Waals surface area contributed by atoms with Crippen LogP contribution in [0.15, 0.2) is 66.4 Å². The van der Waals surface area contributed by atoms with Gasteiger partial charge in [-0.05, 0) is 12.5 Å². The molecule has 0 amide bonds. The van der Waals surface area contributed by atoms with Crippen molar-refractivity contribution in [3.05, 3.63) is 77.5 Å². The number of nitrogens with two attached hydrogens (primary N) is 1. The third-order valence-corrected chi connectivity index (χ3v) is 4.06. The zero-order valence-corrected chi connectivity index (χ0v) is 13.7. The number of ketones is 1. The van der Waals surface area contributed by atoms with Gasteiger partial charge in [0, 0.05) is 23.3 Å². The first-order valence-corrected chi connectivity index (χ1v) is 8.01. The number of rotatable bonds is 5. The van der Waals surface area contributed by atoms with Gasteiger partial charge in [0.05, 0.1) is 13.2 Å². The highest BCUT2D eigenvalue weighted by Gasteiger charge is 2.33. The number of Topliss-reactive ketones (excluding diaryl/α,β-unsaturated/α-hetero) is 1. The van der Waals surface area contributed by atoms with Gasteiger partial charge in [-0.1, -0.05) is 60.7 Å². The molecule has 2 aromatic carbocycles. The van der Waals surface area contributed by atoms with Crippen LogP contribution in [0.2, 0.25) is 0 Å². The van der Waals surface area contributed by atoms with Crippen LogP contribution in [0.5, 0.6) is 0 Å². The Balaban J connectivity index is 2.02. The van der Waals surface area contributed by atoms with E-state index in [1.165, 1.54) is 0 Å². The molecule has 4 nitrogen and oxygen atoms in total. The van der Waals surface area contributed by atoms with Crippen molar-refractivity contribution in [3.8, 4) is 0 Å². The zero-order chi connectivity index (χ0) is 17.0. The Labute approximate surface area is 141 Å². The summed E-state index contributed by atoms with van der Waals surface area (Å²) in [5.41, 5.74) is 8.73. The molecule has 0 saturated carbocycles. The molecule has 24 heavy (non-hydrogen) atoms. The highest BCUT2D eigenvalue weighted by molar-refractivity contribution is 6.29. The van der Waals surface area contributed by atoms with Crippen LogP contribution >= 0.6 is 0 Å². The third kappa shape index (κ3) is 3.55. The zero-order valence-electron chi connectivity index (χ0n) is 13.7. The van der Waals surface area contributed by atoms with Gasteiger partial charge in [0.15, 0.2) is 11.6 Å². The van der Waals surface area contributed by atoms with Crippen molar-refractivity contribution < 1.29 is 14.3 Å². The van der Waals surface area contributed by atoms with Crippen molar-refractivity contribution >= 4 is 11.4 Å². The summed E-state index contributed by atoms with van der Waals surface area (Å²) in [5.74, 6) is -0.873. The lowest BCUT2D eigenvalue weighted by Gasteiger charge is -2.23. The summed E-state index contributed by atoms with van der Waals surface area (Å²) in [6.07, 6.45) is 0.343. The Bertz CT molecular complexity index is 732. The summed E-state index contributed by atoms with van der Waals surface area (Å²) in [7, 11) is 0. The summed E-state index contributed by atoms with van der Waals surface area (Å²) in [6.45, 7) is 2.93. The second kappa shape index (κ2) is 6.99. The molecule has 0 bridgehead atoms. The predicted molar refractivity (Wildman–Crippen MR) is 93.2 cm³/mol. The summed E-state index contributed by atoms with van der Waals surface area (Å²) in [6, 6.07) is 18.6. The Morgan fingerprint density at radius 2 is 1.46 bits per heavy atom. The standard InChI is InChI=1S/C20H21NO3/c1-20(23-12-13-24-20)14-17(21)18(15-8-4-2-5-9-15)19(22)16-10-6-3-7-11-16/h2-11H,12-14,21H2,1H3/b18-17-. The molecular weight excluding hydrogens is 302 g/mol. The first-order valence-electron chi connectivity index (χ1n) is 8.01. The van der Waals surface area contributed by atoms with Gasteiger partial charge < -0.3 is 15.2 Å². The molecule has 1 heterocycles. The van der Waals surface area contributed by atoms with Crippen LogP contribution in [-0.2, 0) is 9.47 Å². The molecule has 0 spiro atoms. The van der Waals surface area contributed by atoms with Gasteiger partial charge in [-0.25, -0.2) is 0 Å². The molecule has 3 rings (SSSR count). The molecule has 1 saturated heterocycles. The lowest BCUT2D eigenvalue weighted by Crippen LogP contribution is -2.29. The number of hydrogen-bond donors (Lipinski definition) is 1. The fourth-order valence-corrected chi connectivity index (χ4v) is 2.89. The van der Waals surface area contributed by atoms with E-state index in [1.807, 2.05) is 55.5 Å². The first-order chi connectivity index (χ1) is 11.6. The highest BCUT2D eigenvalue weighted by atomic mass is 16.7. The van der Waals surface area contributed by atoms with Crippen molar-refractivity contribution in [2.45, 2.75) is 19.1 Å².